The highest BCUT2D eigenvalue weighted by Gasteiger charge is 2.42. The molecule has 0 unspecified atom stereocenters. The average Bonchev–Trinajstić information content (AvgIpc) is 3.26. The molecule has 2 aliphatic heterocycles. The number of carbonyl (C=O) groups excluding carboxylic acids is 2. The van der Waals surface area contributed by atoms with Crippen LogP contribution in [0.1, 0.15) is 51.3 Å². The van der Waals surface area contributed by atoms with Gasteiger partial charge in [0.25, 0.3) is 0 Å². The van der Waals surface area contributed by atoms with Gasteiger partial charge in [-0.25, -0.2) is 9.48 Å². The normalized spacial score (nSPS) is 24.9. The van der Waals surface area contributed by atoms with E-state index in [1.165, 1.54) is 0 Å². The van der Waals surface area contributed by atoms with Gasteiger partial charge in [-0.1, -0.05) is 11.6 Å². The summed E-state index contributed by atoms with van der Waals surface area (Å²) in [7, 11) is 0. The van der Waals surface area contributed by atoms with Crippen LogP contribution in [-0.2, 0) is 11.3 Å². The molecule has 1 aromatic rings. The number of rotatable bonds is 8. The summed E-state index contributed by atoms with van der Waals surface area (Å²) in [5.74, 6) is 1.03. The van der Waals surface area contributed by atoms with Gasteiger partial charge < -0.3 is 16.0 Å². The zero-order chi connectivity index (χ0) is 17.8. The highest BCUT2D eigenvalue weighted by molar-refractivity contribution is 8.00. The first-order valence-electron chi connectivity index (χ1n) is 8.89. The first kappa shape index (κ1) is 18.0. The molecule has 9 heteroatoms. The third kappa shape index (κ3) is 4.65. The number of nitrogens with zero attached hydrogens (tertiary/aromatic N) is 3. The topological polar surface area (TPSA) is 101 Å². The van der Waals surface area contributed by atoms with Crippen LogP contribution in [-0.4, -0.2) is 50.0 Å². The second-order valence-electron chi connectivity index (χ2n) is 6.93. The lowest BCUT2D eigenvalue weighted by atomic mass is 10.0. The molecule has 1 aromatic heterocycles. The van der Waals surface area contributed by atoms with Crippen LogP contribution in [0.3, 0.4) is 0 Å². The van der Waals surface area contributed by atoms with Crippen LogP contribution < -0.4 is 16.0 Å². The summed E-state index contributed by atoms with van der Waals surface area (Å²) in [5, 5.41) is 17.4. The van der Waals surface area contributed by atoms with Crippen LogP contribution in [0.4, 0.5) is 4.79 Å². The molecular formula is C16H26N6O2S. The van der Waals surface area contributed by atoms with Crippen LogP contribution in [0.2, 0.25) is 0 Å². The van der Waals surface area contributed by atoms with Crippen molar-refractivity contribution >= 4 is 23.7 Å². The van der Waals surface area contributed by atoms with Gasteiger partial charge in [0.05, 0.1) is 24.8 Å². The van der Waals surface area contributed by atoms with Crippen LogP contribution in [0.25, 0.3) is 0 Å². The van der Waals surface area contributed by atoms with Gasteiger partial charge in [-0.05, 0) is 26.7 Å². The minimum Gasteiger partial charge on any atom is -0.350 e. The van der Waals surface area contributed by atoms with Gasteiger partial charge in [-0.15, -0.1) is 5.10 Å². The summed E-state index contributed by atoms with van der Waals surface area (Å²) in [5.41, 5.74) is 0.778. The fourth-order valence-corrected chi connectivity index (χ4v) is 4.74. The van der Waals surface area contributed by atoms with Gasteiger partial charge in [0.1, 0.15) is 5.69 Å². The highest BCUT2D eigenvalue weighted by atomic mass is 32.2. The predicted molar refractivity (Wildman–Crippen MR) is 96.2 cm³/mol. The monoisotopic (exact) mass is 366 g/mol. The largest absolute Gasteiger partial charge is 0.350 e. The van der Waals surface area contributed by atoms with Crippen molar-refractivity contribution in [3.05, 3.63) is 11.9 Å². The Bertz CT molecular complexity index is 620. The quantitative estimate of drug-likeness (QED) is 0.474. The molecule has 0 spiro atoms. The number of amides is 3. The van der Waals surface area contributed by atoms with E-state index in [4.69, 9.17) is 0 Å². The van der Waals surface area contributed by atoms with E-state index in [-0.39, 0.29) is 30.1 Å². The Morgan fingerprint density at radius 1 is 1.44 bits per heavy atom. The number of thioether (sulfide) groups is 1. The molecule has 138 valence electrons. The van der Waals surface area contributed by atoms with Gasteiger partial charge >= 0.3 is 6.03 Å². The molecule has 3 amide bonds. The zero-order valence-corrected chi connectivity index (χ0v) is 15.5. The molecule has 3 rings (SSSR count). The first-order valence-corrected chi connectivity index (χ1v) is 9.94. The molecule has 3 heterocycles. The number of unbranched alkanes of at least 4 members (excludes halogenated alkanes) is 1. The van der Waals surface area contributed by atoms with Gasteiger partial charge in [-0.2, -0.15) is 11.8 Å². The molecule has 8 nitrogen and oxygen atoms in total. The van der Waals surface area contributed by atoms with Crippen molar-refractivity contribution in [2.24, 2.45) is 0 Å². The highest BCUT2D eigenvalue weighted by Crippen LogP contribution is 2.33. The number of hydrogen-bond donors (Lipinski definition) is 3. The Kier molecular flexibility index (Phi) is 5.82. The first-order chi connectivity index (χ1) is 12.0. The van der Waals surface area contributed by atoms with Crippen molar-refractivity contribution in [3.63, 3.8) is 0 Å². The molecule has 0 aliphatic carbocycles. The molecule has 0 saturated carbocycles. The smallest absolute Gasteiger partial charge is 0.315 e. The lowest BCUT2D eigenvalue weighted by Crippen LogP contribution is -2.36. The van der Waals surface area contributed by atoms with E-state index < -0.39 is 0 Å². The van der Waals surface area contributed by atoms with E-state index in [2.05, 4.69) is 26.3 Å². The SMILES string of the molecule is CC(C)n1cc(CNC(=O)CCCC[C@@H]2SC[C@@H]3NC(=O)N[C@@H]32)nn1. The summed E-state index contributed by atoms with van der Waals surface area (Å²) >= 11 is 1.91. The van der Waals surface area contributed by atoms with Gasteiger partial charge in [0.15, 0.2) is 0 Å². The summed E-state index contributed by atoms with van der Waals surface area (Å²) in [4.78, 5) is 23.3. The van der Waals surface area contributed by atoms with Crippen molar-refractivity contribution in [1.29, 1.82) is 0 Å². The Labute approximate surface area is 151 Å². The second kappa shape index (κ2) is 8.07. The Hall–Kier alpha value is -1.77. The van der Waals surface area contributed by atoms with E-state index in [0.717, 1.165) is 30.7 Å². The van der Waals surface area contributed by atoms with E-state index in [9.17, 15) is 9.59 Å². The molecule has 0 radical (unpaired) electrons. The lowest BCUT2D eigenvalue weighted by molar-refractivity contribution is -0.121. The van der Waals surface area contributed by atoms with Crippen LogP contribution >= 0.6 is 11.8 Å². The molecule has 2 fully saturated rings. The standard InChI is InChI=1S/C16H26N6O2S/c1-10(2)22-8-11(20-21-22)7-17-14(23)6-4-3-5-13-15-12(9-25-13)18-16(24)19-15/h8,10,12-13,15H,3-7,9H2,1-2H3,(H,17,23)(H2,18,19,24)/t12-,13-,15-/m0/s1. The minimum atomic E-state index is -0.0472. The minimum absolute atomic E-state index is 0.0472. The second-order valence-corrected chi connectivity index (χ2v) is 8.20. The number of nitrogens with one attached hydrogen (secondary N) is 3. The summed E-state index contributed by atoms with van der Waals surface area (Å²) < 4.78 is 1.78. The maximum atomic E-state index is 11.9. The molecule has 2 aliphatic rings. The van der Waals surface area contributed by atoms with E-state index in [1.807, 2.05) is 31.8 Å². The molecule has 25 heavy (non-hydrogen) atoms. The van der Waals surface area contributed by atoms with Gasteiger partial charge in [-0.3, -0.25) is 4.79 Å². The molecular weight excluding hydrogens is 340 g/mol. The van der Waals surface area contributed by atoms with Crippen LogP contribution in [0, 0.1) is 0 Å². The van der Waals surface area contributed by atoms with Crippen molar-refractivity contribution in [2.45, 2.75) is 69.5 Å². The predicted octanol–water partition coefficient (Wildman–Crippen LogP) is 1.20. The maximum absolute atomic E-state index is 11.9. The number of urea groups is 1. The number of carbonyl (C=O) groups is 2. The van der Waals surface area contributed by atoms with Crippen molar-refractivity contribution in [1.82, 2.24) is 30.9 Å². The Morgan fingerprint density at radius 3 is 3.04 bits per heavy atom. The third-order valence-electron chi connectivity index (χ3n) is 4.63. The average molecular weight is 366 g/mol. The van der Waals surface area contributed by atoms with Crippen molar-refractivity contribution in [3.8, 4) is 0 Å². The van der Waals surface area contributed by atoms with Crippen LogP contribution in [0.5, 0.6) is 0 Å². The van der Waals surface area contributed by atoms with Crippen molar-refractivity contribution in [2.75, 3.05) is 5.75 Å². The maximum Gasteiger partial charge on any atom is 0.315 e. The summed E-state index contributed by atoms with van der Waals surface area (Å²) in [6, 6.07) is 0.735. The Balaban J connectivity index is 1.30. The Morgan fingerprint density at radius 2 is 2.28 bits per heavy atom. The number of hydrogen-bond acceptors (Lipinski definition) is 5. The van der Waals surface area contributed by atoms with Crippen molar-refractivity contribution < 1.29 is 9.59 Å². The van der Waals surface area contributed by atoms with E-state index in [0.29, 0.717) is 18.2 Å². The van der Waals surface area contributed by atoms with E-state index >= 15 is 0 Å². The van der Waals surface area contributed by atoms with Gasteiger partial charge in [0, 0.05) is 23.5 Å². The summed E-state index contributed by atoms with van der Waals surface area (Å²) in [6.45, 7) is 4.50. The molecule has 3 N–H and O–H groups in total. The van der Waals surface area contributed by atoms with Gasteiger partial charge in [0.2, 0.25) is 5.91 Å². The number of fused-ring (bicyclic) bond motifs is 1. The molecule has 3 atom stereocenters. The molecule has 0 aromatic carbocycles. The third-order valence-corrected chi connectivity index (χ3v) is 6.14. The number of aromatic nitrogens is 3. The van der Waals surface area contributed by atoms with Crippen LogP contribution in [0.15, 0.2) is 6.20 Å². The fourth-order valence-electron chi connectivity index (χ4n) is 3.20. The van der Waals surface area contributed by atoms with E-state index in [1.54, 1.807) is 4.68 Å². The molecule has 0 bridgehead atoms. The zero-order valence-electron chi connectivity index (χ0n) is 14.7. The fraction of sp³-hybridized carbons (Fsp3) is 0.750. The molecule has 2 saturated heterocycles. The summed E-state index contributed by atoms with van der Waals surface area (Å²) in [6.07, 6.45) is 5.27. The lowest BCUT2D eigenvalue weighted by Gasteiger charge is -2.16.